The molecule has 0 atom stereocenters. The van der Waals surface area contributed by atoms with Crippen molar-refractivity contribution in [1.82, 2.24) is 5.32 Å². The minimum atomic E-state index is -0.0572. The quantitative estimate of drug-likeness (QED) is 0.806. The Kier molecular flexibility index (Phi) is 4.71. The van der Waals surface area contributed by atoms with E-state index in [0.29, 0.717) is 13.2 Å². The summed E-state index contributed by atoms with van der Waals surface area (Å²) in [4.78, 5) is 0. The van der Waals surface area contributed by atoms with Gasteiger partial charge in [-0.05, 0) is 53.4 Å². The van der Waals surface area contributed by atoms with Crippen molar-refractivity contribution in [2.75, 3.05) is 20.3 Å². The van der Waals surface area contributed by atoms with Crippen LogP contribution in [-0.4, -0.2) is 31.0 Å². The van der Waals surface area contributed by atoms with Crippen molar-refractivity contribution in [1.29, 1.82) is 0 Å². The molecular weight excluding hydrogens is 310 g/mol. The Balaban J connectivity index is 2.11. The molecule has 0 radical (unpaired) electrons. The molecule has 1 aromatic rings. The van der Waals surface area contributed by atoms with Gasteiger partial charge in [0.2, 0.25) is 0 Å². The Morgan fingerprint density at radius 1 is 1.42 bits per heavy atom. The highest BCUT2D eigenvalue weighted by Gasteiger charge is 2.41. The number of hydrogen-bond donors (Lipinski definition) is 2. The van der Waals surface area contributed by atoms with Crippen molar-refractivity contribution < 1.29 is 14.6 Å². The summed E-state index contributed by atoms with van der Waals surface area (Å²) in [6, 6.07) is 3.99. The summed E-state index contributed by atoms with van der Waals surface area (Å²) in [5.41, 5.74) is 1.05. The topological polar surface area (TPSA) is 50.7 Å². The lowest BCUT2D eigenvalue weighted by atomic mass is 10.1. The van der Waals surface area contributed by atoms with Gasteiger partial charge in [-0.15, -0.1) is 0 Å². The summed E-state index contributed by atoms with van der Waals surface area (Å²) in [7, 11) is 1.64. The fourth-order valence-corrected chi connectivity index (χ4v) is 2.59. The number of nitrogens with one attached hydrogen (secondary N) is 1. The number of benzene rings is 1. The number of rotatable bonds is 7. The second-order valence-corrected chi connectivity index (χ2v) is 5.69. The summed E-state index contributed by atoms with van der Waals surface area (Å²) in [6.45, 7) is 3.45. The maximum absolute atomic E-state index is 9.29. The molecule has 0 aliphatic heterocycles. The van der Waals surface area contributed by atoms with Gasteiger partial charge in [0.15, 0.2) is 11.5 Å². The molecule has 2 N–H and O–H groups in total. The number of halogens is 1. The van der Waals surface area contributed by atoms with Crippen LogP contribution in [0.5, 0.6) is 11.5 Å². The van der Waals surface area contributed by atoms with Gasteiger partial charge >= 0.3 is 0 Å². The predicted molar refractivity (Wildman–Crippen MR) is 77.8 cm³/mol. The van der Waals surface area contributed by atoms with Gasteiger partial charge in [-0.1, -0.05) is 0 Å². The van der Waals surface area contributed by atoms with Gasteiger partial charge in [0, 0.05) is 12.1 Å². The van der Waals surface area contributed by atoms with Gasteiger partial charge in [-0.25, -0.2) is 0 Å². The zero-order chi connectivity index (χ0) is 13.9. The maximum Gasteiger partial charge on any atom is 0.175 e. The second kappa shape index (κ2) is 6.11. The van der Waals surface area contributed by atoms with Crippen molar-refractivity contribution in [3.05, 3.63) is 22.2 Å². The van der Waals surface area contributed by atoms with Crippen LogP contribution < -0.4 is 14.8 Å². The van der Waals surface area contributed by atoms with Crippen LogP contribution in [-0.2, 0) is 6.54 Å². The molecule has 0 unspecified atom stereocenters. The van der Waals surface area contributed by atoms with Gasteiger partial charge < -0.3 is 19.9 Å². The molecule has 0 amide bonds. The average Bonchev–Trinajstić information content (AvgIpc) is 3.20. The number of ether oxygens (including phenoxy) is 2. The normalized spacial score (nSPS) is 16.2. The number of aliphatic hydroxyl groups is 1. The first kappa shape index (κ1) is 14.6. The Morgan fingerprint density at radius 3 is 2.68 bits per heavy atom. The molecular formula is C14H20BrNO3. The SMILES string of the molecule is CCOc1c(Br)cc(CNC2(CO)CC2)cc1OC. The largest absolute Gasteiger partial charge is 0.493 e. The Labute approximate surface area is 122 Å². The molecule has 0 saturated heterocycles. The average molecular weight is 330 g/mol. The molecule has 0 bridgehead atoms. The molecule has 1 aliphatic rings. The first-order valence-corrected chi connectivity index (χ1v) is 7.28. The van der Waals surface area contributed by atoms with Crippen molar-refractivity contribution in [3.63, 3.8) is 0 Å². The Bertz CT molecular complexity index is 447. The molecule has 2 rings (SSSR count). The minimum Gasteiger partial charge on any atom is -0.493 e. The van der Waals surface area contributed by atoms with E-state index in [1.165, 1.54) is 0 Å². The van der Waals surface area contributed by atoms with E-state index in [2.05, 4.69) is 21.2 Å². The third-order valence-corrected chi connectivity index (χ3v) is 3.99. The molecule has 1 fully saturated rings. The number of methoxy groups -OCH3 is 1. The first-order chi connectivity index (χ1) is 9.14. The standard InChI is InChI=1S/C14H20BrNO3/c1-3-19-13-11(15)6-10(7-12(13)18-2)8-16-14(9-17)4-5-14/h6-7,16-17H,3-5,8-9H2,1-2H3. The van der Waals surface area contributed by atoms with E-state index in [0.717, 1.165) is 34.4 Å². The Hall–Kier alpha value is -0.780. The second-order valence-electron chi connectivity index (χ2n) is 4.83. The zero-order valence-electron chi connectivity index (χ0n) is 11.3. The zero-order valence-corrected chi connectivity index (χ0v) is 12.9. The van der Waals surface area contributed by atoms with Crippen LogP contribution in [0.25, 0.3) is 0 Å². The van der Waals surface area contributed by atoms with E-state index in [1.807, 2.05) is 19.1 Å². The lowest BCUT2D eigenvalue weighted by Crippen LogP contribution is -2.34. The van der Waals surface area contributed by atoms with Crippen molar-refractivity contribution in [2.24, 2.45) is 0 Å². The molecule has 4 nitrogen and oxygen atoms in total. The van der Waals surface area contributed by atoms with Crippen molar-refractivity contribution >= 4 is 15.9 Å². The maximum atomic E-state index is 9.29. The Morgan fingerprint density at radius 2 is 2.16 bits per heavy atom. The first-order valence-electron chi connectivity index (χ1n) is 6.49. The molecule has 1 saturated carbocycles. The molecule has 1 aromatic carbocycles. The minimum absolute atomic E-state index is 0.0572. The monoisotopic (exact) mass is 329 g/mol. The van der Waals surface area contributed by atoms with Gasteiger partial charge in [0.25, 0.3) is 0 Å². The van der Waals surface area contributed by atoms with Crippen LogP contribution in [0.4, 0.5) is 0 Å². The predicted octanol–water partition coefficient (Wildman–Crippen LogP) is 2.47. The van der Waals surface area contributed by atoms with E-state index >= 15 is 0 Å². The van der Waals surface area contributed by atoms with Crippen LogP contribution >= 0.6 is 15.9 Å². The van der Waals surface area contributed by atoms with Gasteiger partial charge in [-0.3, -0.25) is 0 Å². The summed E-state index contributed by atoms with van der Waals surface area (Å²) < 4.78 is 11.8. The molecule has 106 valence electrons. The number of hydrogen-bond acceptors (Lipinski definition) is 4. The lowest BCUT2D eigenvalue weighted by Gasteiger charge is -2.16. The highest BCUT2D eigenvalue weighted by atomic mass is 79.9. The molecule has 19 heavy (non-hydrogen) atoms. The molecule has 1 aliphatic carbocycles. The third-order valence-electron chi connectivity index (χ3n) is 3.40. The van der Waals surface area contributed by atoms with Gasteiger partial charge in [-0.2, -0.15) is 0 Å². The van der Waals surface area contributed by atoms with E-state index in [1.54, 1.807) is 7.11 Å². The summed E-state index contributed by atoms with van der Waals surface area (Å²) in [6.07, 6.45) is 2.08. The van der Waals surface area contributed by atoms with E-state index in [-0.39, 0.29) is 12.1 Å². The molecule has 0 aromatic heterocycles. The third kappa shape index (κ3) is 3.41. The summed E-state index contributed by atoms with van der Waals surface area (Å²) in [5.74, 6) is 1.46. The fourth-order valence-electron chi connectivity index (χ4n) is 1.99. The number of aliphatic hydroxyl groups excluding tert-OH is 1. The molecule has 5 heteroatoms. The van der Waals surface area contributed by atoms with Crippen molar-refractivity contribution in [3.8, 4) is 11.5 Å². The fraction of sp³-hybridized carbons (Fsp3) is 0.571. The smallest absolute Gasteiger partial charge is 0.175 e. The van der Waals surface area contributed by atoms with E-state index in [9.17, 15) is 5.11 Å². The highest BCUT2D eigenvalue weighted by molar-refractivity contribution is 9.10. The summed E-state index contributed by atoms with van der Waals surface area (Å²) in [5, 5.41) is 12.7. The van der Waals surface area contributed by atoms with Crippen LogP contribution in [0, 0.1) is 0 Å². The summed E-state index contributed by atoms with van der Waals surface area (Å²) >= 11 is 3.51. The van der Waals surface area contributed by atoms with Crippen LogP contribution in [0.1, 0.15) is 25.3 Å². The van der Waals surface area contributed by atoms with Crippen LogP contribution in [0.3, 0.4) is 0 Å². The molecule has 0 spiro atoms. The van der Waals surface area contributed by atoms with E-state index in [4.69, 9.17) is 9.47 Å². The van der Waals surface area contributed by atoms with Crippen LogP contribution in [0.15, 0.2) is 16.6 Å². The van der Waals surface area contributed by atoms with Crippen LogP contribution in [0.2, 0.25) is 0 Å². The van der Waals surface area contributed by atoms with Gasteiger partial charge in [0.05, 0.1) is 24.8 Å². The van der Waals surface area contributed by atoms with E-state index < -0.39 is 0 Å². The van der Waals surface area contributed by atoms with Gasteiger partial charge in [0.1, 0.15) is 0 Å². The lowest BCUT2D eigenvalue weighted by molar-refractivity contribution is 0.229. The van der Waals surface area contributed by atoms with Crippen molar-refractivity contribution in [2.45, 2.75) is 31.8 Å². The molecule has 0 heterocycles. The highest BCUT2D eigenvalue weighted by Crippen LogP contribution is 2.38.